The van der Waals surface area contributed by atoms with Crippen molar-refractivity contribution in [1.29, 1.82) is 0 Å². The van der Waals surface area contributed by atoms with E-state index in [1.165, 1.54) is 6.26 Å². The third kappa shape index (κ3) is 13.9. The zero-order valence-electron chi connectivity index (χ0n) is 12.5. The Morgan fingerprint density at radius 2 is 1.43 bits per heavy atom. The third-order valence-corrected chi connectivity index (χ3v) is 3.37. The van der Waals surface area contributed by atoms with Crippen molar-refractivity contribution in [3.63, 3.8) is 0 Å². The van der Waals surface area contributed by atoms with E-state index >= 15 is 0 Å². The van der Waals surface area contributed by atoms with Crippen LogP contribution in [0.25, 0.3) is 0 Å². The number of esters is 2. The van der Waals surface area contributed by atoms with Crippen molar-refractivity contribution in [2.24, 2.45) is 0 Å². The number of carbonyl (C=O) groups excluding carboxylic acids is 2. The zero-order chi connectivity index (χ0) is 16.3. The predicted octanol–water partition coefficient (Wildman–Crippen LogP) is 1.02. The van der Waals surface area contributed by atoms with Crippen LogP contribution in [0.4, 0.5) is 0 Å². The van der Waals surface area contributed by atoms with Gasteiger partial charge in [0.25, 0.3) is 0 Å². The molecule has 0 rings (SSSR count). The van der Waals surface area contributed by atoms with Gasteiger partial charge >= 0.3 is 11.9 Å². The summed E-state index contributed by atoms with van der Waals surface area (Å²) in [6.07, 6.45) is 2.46. The van der Waals surface area contributed by atoms with E-state index in [1.807, 2.05) is 0 Å². The van der Waals surface area contributed by atoms with Crippen molar-refractivity contribution in [3.05, 3.63) is 0 Å². The molecule has 0 spiro atoms. The minimum atomic E-state index is -1.64. The van der Waals surface area contributed by atoms with Crippen molar-refractivity contribution in [3.8, 4) is 0 Å². The first-order chi connectivity index (χ1) is 9.81. The number of carbonyl (C=O) groups is 2. The van der Waals surface area contributed by atoms with Gasteiger partial charge in [0, 0.05) is 19.1 Å². The van der Waals surface area contributed by atoms with Gasteiger partial charge in [-0.1, -0.05) is 0 Å². The third-order valence-electron chi connectivity index (χ3n) is 2.01. The Morgan fingerprint density at radius 3 is 1.86 bits per heavy atom. The Kier molecular flexibility index (Phi) is 11.4. The Morgan fingerprint density at radius 1 is 0.952 bits per heavy atom. The quantitative estimate of drug-likeness (QED) is 0.408. The van der Waals surface area contributed by atoms with E-state index in [-0.39, 0.29) is 30.8 Å². The lowest BCUT2D eigenvalue weighted by atomic mass is 10.2. The molecule has 0 fully saturated rings. The SMILES string of the molecule is CC(C)OS(=O)COC(=O)CCCCC(=O)OCS(C)=O. The van der Waals surface area contributed by atoms with Gasteiger partial charge in [-0.3, -0.25) is 18.0 Å². The van der Waals surface area contributed by atoms with Crippen LogP contribution < -0.4 is 0 Å². The fraction of sp³-hybridized carbons (Fsp3) is 0.833. The summed E-state index contributed by atoms with van der Waals surface area (Å²) in [6, 6.07) is 0. The summed E-state index contributed by atoms with van der Waals surface area (Å²) in [7, 11) is -1.17. The van der Waals surface area contributed by atoms with E-state index in [0.29, 0.717) is 12.8 Å². The van der Waals surface area contributed by atoms with Crippen LogP contribution in [0.3, 0.4) is 0 Å². The van der Waals surface area contributed by atoms with Crippen molar-refractivity contribution in [1.82, 2.24) is 0 Å². The molecule has 0 bridgehead atoms. The molecule has 0 heterocycles. The van der Waals surface area contributed by atoms with Crippen LogP contribution in [-0.2, 0) is 45.1 Å². The van der Waals surface area contributed by atoms with Gasteiger partial charge in [0.15, 0.2) is 23.0 Å². The molecule has 0 aliphatic rings. The van der Waals surface area contributed by atoms with E-state index < -0.39 is 33.8 Å². The molecule has 0 saturated heterocycles. The number of hydrogen-bond donors (Lipinski definition) is 0. The van der Waals surface area contributed by atoms with Crippen LogP contribution in [0.5, 0.6) is 0 Å². The molecule has 21 heavy (non-hydrogen) atoms. The Hall–Kier alpha value is -0.800. The average molecular weight is 342 g/mol. The highest BCUT2D eigenvalue weighted by molar-refractivity contribution is 7.84. The molecule has 0 aromatic rings. The highest BCUT2D eigenvalue weighted by Gasteiger charge is 2.09. The predicted molar refractivity (Wildman–Crippen MR) is 78.8 cm³/mol. The van der Waals surface area contributed by atoms with Gasteiger partial charge < -0.3 is 9.47 Å². The summed E-state index contributed by atoms with van der Waals surface area (Å²) in [5.41, 5.74) is 0. The molecule has 0 aliphatic carbocycles. The molecule has 7 nitrogen and oxygen atoms in total. The van der Waals surface area contributed by atoms with Crippen LogP contribution >= 0.6 is 0 Å². The zero-order valence-corrected chi connectivity index (χ0v) is 14.1. The highest BCUT2D eigenvalue weighted by atomic mass is 32.2. The first-order valence-corrected chi connectivity index (χ1v) is 9.45. The van der Waals surface area contributed by atoms with E-state index in [4.69, 9.17) is 13.7 Å². The van der Waals surface area contributed by atoms with E-state index in [2.05, 4.69) is 0 Å². The van der Waals surface area contributed by atoms with Crippen LogP contribution in [0.15, 0.2) is 0 Å². The van der Waals surface area contributed by atoms with Gasteiger partial charge in [0.05, 0.1) is 16.9 Å². The summed E-state index contributed by atoms with van der Waals surface area (Å²) >= 11 is -1.64. The van der Waals surface area contributed by atoms with Crippen molar-refractivity contribution < 1.29 is 31.7 Å². The van der Waals surface area contributed by atoms with Crippen molar-refractivity contribution in [2.45, 2.75) is 45.6 Å². The summed E-state index contributed by atoms with van der Waals surface area (Å²) in [5.74, 6) is -1.33. The molecule has 2 unspecified atom stereocenters. The van der Waals surface area contributed by atoms with Crippen molar-refractivity contribution >= 4 is 33.8 Å². The van der Waals surface area contributed by atoms with Crippen molar-refractivity contribution in [2.75, 3.05) is 18.1 Å². The maximum atomic E-state index is 11.3. The van der Waals surface area contributed by atoms with E-state index in [9.17, 15) is 18.0 Å². The smallest absolute Gasteiger partial charge is 0.306 e. The summed E-state index contributed by atoms with van der Waals surface area (Å²) in [4.78, 5) is 22.5. The molecule has 2 atom stereocenters. The maximum absolute atomic E-state index is 11.3. The summed E-state index contributed by atoms with van der Waals surface area (Å²) < 4.78 is 36.3. The van der Waals surface area contributed by atoms with Crippen LogP contribution in [-0.4, -0.2) is 44.6 Å². The molecule has 0 aromatic carbocycles. The van der Waals surface area contributed by atoms with E-state index in [0.717, 1.165) is 0 Å². The van der Waals surface area contributed by atoms with Gasteiger partial charge in [-0.15, -0.1) is 0 Å². The minimum absolute atomic E-state index is 0.109. The Balaban J connectivity index is 3.60. The monoisotopic (exact) mass is 342 g/mol. The fourth-order valence-corrected chi connectivity index (χ4v) is 2.20. The molecule has 0 radical (unpaired) electrons. The topological polar surface area (TPSA) is 96.0 Å². The summed E-state index contributed by atoms with van der Waals surface area (Å²) in [5, 5.41) is 0. The van der Waals surface area contributed by atoms with Gasteiger partial charge in [-0.25, -0.2) is 4.21 Å². The van der Waals surface area contributed by atoms with Gasteiger partial charge in [0.1, 0.15) is 0 Å². The number of ether oxygens (including phenoxy) is 2. The molecular formula is C12H22O7S2. The first-order valence-electron chi connectivity index (χ1n) is 6.48. The molecule has 0 saturated carbocycles. The second kappa shape index (κ2) is 11.8. The number of hydrogen-bond acceptors (Lipinski definition) is 7. The van der Waals surface area contributed by atoms with Crippen LogP contribution in [0, 0.1) is 0 Å². The molecule has 0 aliphatic heterocycles. The molecular weight excluding hydrogens is 320 g/mol. The molecule has 9 heteroatoms. The lowest BCUT2D eigenvalue weighted by Crippen LogP contribution is -2.14. The first kappa shape index (κ1) is 20.2. The Labute approximate surface area is 129 Å². The largest absolute Gasteiger partial charge is 0.452 e. The second-order valence-corrected chi connectivity index (χ2v) is 6.92. The molecule has 0 N–H and O–H groups in total. The van der Waals surface area contributed by atoms with Gasteiger partial charge in [-0.2, -0.15) is 0 Å². The maximum Gasteiger partial charge on any atom is 0.306 e. The van der Waals surface area contributed by atoms with Gasteiger partial charge in [0.2, 0.25) is 0 Å². The lowest BCUT2D eigenvalue weighted by molar-refractivity contribution is -0.143. The van der Waals surface area contributed by atoms with Gasteiger partial charge in [-0.05, 0) is 26.7 Å². The highest BCUT2D eigenvalue weighted by Crippen LogP contribution is 2.04. The lowest BCUT2D eigenvalue weighted by Gasteiger charge is -2.07. The minimum Gasteiger partial charge on any atom is -0.452 e. The molecule has 124 valence electrons. The van der Waals surface area contributed by atoms with Crippen LogP contribution in [0.2, 0.25) is 0 Å². The normalized spacial score (nSPS) is 13.7. The number of rotatable bonds is 11. The van der Waals surface area contributed by atoms with E-state index in [1.54, 1.807) is 13.8 Å². The fourth-order valence-electron chi connectivity index (χ4n) is 1.19. The molecule has 0 amide bonds. The summed E-state index contributed by atoms with van der Waals surface area (Å²) in [6.45, 7) is 3.46. The number of unbranched alkanes of at least 4 members (excludes halogenated alkanes) is 1. The Bertz CT molecular complexity index is 382. The molecule has 0 aromatic heterocycles. The standard InChI is InChI=1S/C12H22O7S2/c1-10(2)19-21(16)9-18-12(14)7-5-4-6-11(13)17-8-20(3)15/h10H,4-9H2,1-3H3. The van der Waals surface area contributed by atoms with Crippen LogP contribution in [0.1, 0.15) is 39.5 Å². The second-order valence-electron chi connectivity index (χ2n) is 4.50. The average Bonchev–Trinajstić information content (AvgIpc) is 2.38.